The van der Waals surface area contributed by atoms with E-state index in [-0.39, 0.29) is 18.2 Å². The van der Waals surface area contributed by atoms with Crippen molar-refractivity contribution in [2.75, 3.05) is 6.54 Å². The molecule has 0 aliphatic rings. The molecule has 1 atom stereocenters. The lowest BCUT2D eigenvalue weighted by Gasteiger charge is -2.29. The summed E-state index contributed by atoms with van der Waals surface area (Å²) in [5, 5.41) is 3.81. The highest BCUT2D eigenvalue weighted by molar-refractivity contribution is 6.36. The number of rotatable bonds is 9. The van der Waals surface area contributed by atoms with Gasteiger partial charge in [-0.3, -0.25) is 9.59 Å². The minimum Gasteiger partial charge on any atom is -0.354 e. The fourth-order valence-electron chi connectivity index (χ4n) is 3.04. The predicted molar refractivity (Wildman–Crippen MR) is 119 cm³/mol. The Morgan fingerprint density at radius 3 is 2.34 bits per heavy atom. The van der Waals surface area contributed by atoms with Crippen LogP contribution >= 0.6 is 23.2 Å². The van der Waals surface area contributed by atoms with E-state index in [1.807, 2.05) is 31.2 Å². The van der Waals surface area contributed by atoms with Gasteiger partial charge in [0, 0.05) is 23.1 Å². The Morgan fingerprint density at radius 1 is 1.07 bits per heavy atom. The second kappa shape index (κ2) is 11.2. The molecular formula is C23H28Cl2N2O2. The SMILES string of the molecule is CCCCNC(=O)[C@@H](C)N(Cc1ccccc1C)C(=O)Cc1c(Cl)cccc1Cl. The molecule has 0 saturated heterocycles. The first-order valence-electron chi connectivity index (χ1n) is 9.89. The summed E-state index contributed by atoms with van der Waals surface area (Å²) in [4.78, 5) is 27.5. The molecule has 0 aromatic heterocycles. The fourth-order valence-corrected chi connectivity index (χ4v) is 3.57. The van der Waals surface area contributed by atoms with E-state index in [1.165, 1.54) is 0 Å². The summed E-state index contributed by atoms with van der Waals surface area (Å²) >= 11 is 12.5. The highest BCUT2D eigenvalue weighted by atomic mass is 35.5. The quantitative estimate of drug-likeness (QED) is 0.552. The Bertz CT molecular complexity index is 834. The highest BCUT2D eigenvalue weighted by Crippen LogP contribution is 2.26. The molecule has 4 nitrogen and oxygen atoms in total. The van der Waals surface area contributed by atoms with Gasteiger partial charge >= 0.3 is 0 Å². The third-order valence-corrected chi connectivity index (χ3v) is 5.70. The lowest BCUT2D eigenvalue weighted by atomic mass is 10.1. The molecule has 0 fully saturated rings. The molecule has 1 N–H and O–H groups in total. The summed E-state index contributed by atoms with van der Waals surface area (Å²) in [6.45, 7) is 6.76. The van der Waals surface area contributed by atoms with Crippen LogP contribution < -0.4 is 5.32 Å². The molecule has 0 spiro atoms. The number of benzene rings is 2. The molecule has 156 valence electrons. The maximum Gasteiger partial charge on any atom is 0.242 e. The van der Waals surface area contributed by atoms with Gasteiger partial charge in [0.15, 0.2) is 0 Å². The second-order valence-corrected chi connectivity index (χ2v) is 7.96. The van der Waals surface area contributed by atoms with Crippen molar-refractivity contribution in [2.45, 2.75) is 52.6 Å². The number of carbonyl (C=O) groups excluding carboxylic acids is 2. The molecule has 2 aromatic carbocycles. The molecule has 0 radical (unpaired) electrons. The van der Waals surface area contributed by atoms with Crippen LogP contribution in [0.1, 0.15) is 43.4 Å². The minimum absolute atomic E-state index is 0.0387. The van der Waals surface area contributed by atoms with Crippen LogP contribution in [0.3, 0.4) is 0 Å². The molecule has 2 amide bonds. The largest absolute Gasteiger partial charge is 0.354 e. The Labute approximate surface area is 183 Å². The number of hydrogen-bond acceptors (Lipinski definition) is 2. The van der Waals surface area contributed by atoms with E-state index in [9.17, 15) is 9.59 Å². The van der Waals surface area contributed by atoms with Crippen molar-refractivity contribution in [3.05, 3.63) is 69.2 Å². The summed E-state index contributed by atoms with van der Waals surface area (Å²) in [5.74, 6) is -0.355. The molecule has 2 rings (SSSR count). The van der Waals surface area contributed by atoms with Crippen LogP contribution in [0.5, 0.6) is 0 Å². The van der Waals surface area contributed by atoms with E-state index in [4.69, 9.17) is 23.2 Å². The van der Waals surface area contributed by atoms with E-state index in [0.717, 1.165) is 24.0 Å². The van der Waals surface area contributed by atoms with Crippen LogP contribution in [0.4, 0.5) is 0 Å². The summed E-state index contributed by atoms with van der Waals surface area (Å²) in [6, 6.07) is 12.4. The predicted octanol–water partition coefficient (Wildman–Crippen LogP) is 5.18. The third kappa shape index (κ3) is 6.48. The molecule has 6 heteroatoms. The Balaban J connectivity index is 2.26. The van der Waals surface area contributed by atoms with Crippen molar-refractivity contribution in [3.63, 3.8) is 0 Å². The van der Waals surface area contributed by atoms with Gasteiger partial charge in [-0.25, -0.2) is 0 Å². The minimum atomic E-state index is -0.611. The van der Waals surface area contributed by atoms with Crippen LogP contribution in [0.15, 0.2) is 42.5 Å². The summed E-state index contributed by atoms with van der Waals surface area (Å²) < 4.78 is 0. The molecule has 0 unspecified atom stereocenters. The van der Waals surface area contributed by atoms with Crippen molar-refractivity contribution < 1.29 is 9.59 Å². The van der Waals surface area contributed by atoms with Crippen LogP contribution in [-0.2, 0) is 22.6 Å². The maximum absolute atomic E-state index is 13.2. The fraction of sp³-hybridized carbons (Fsp3) is 0.391. The zero-order valence-electron chi connectivity index (χ0n) is 17.2. The molecular weight excluding hydrogens is 407 g/mol. The molecule has 0 saturated carbocycles. The Morgan fingerprint density at radius 2 is 1.72 bits per heavy atom. The first kappa shape index (κ1) is 23.2. The monoisotopic (exact) mass is 434 g/mol. The molecule has 0 bridgehead atoms. The number of hydrogen-bond donors (Lipinski definition) is 1. The van der Waals surface area contributed by atoms with Crippen molar-refractivity contribution in [1.82, 2.24) is 10.2 Å². The van der Waals surface area contributed by atoms with Crippen LogP contribution in [0, 0.1) is 6.92 Å². The van der Waals surface area contributed by atoms with E-state index in [2.05, 4.69) is 12.2 Å². The normalized spacial score (nSPS) is 11.8. The van der Waals surface area contributed by atoms with Gasteiger partial charge in [0.05, 0.1) is 6.42 Å². The maximum atomic E-state index is 13.2. The molecule has 0 aliphatic carbocycles. The van der Waals surface area contributed by atoms with E-state index < -0.39 is 6.04 Å². The number of unbranched alkanes of at least 4 members (excludes halogenated alkanes) is 1. The summed E-state index contributed by atoms with van der Waals surface area (Å²) in [5.41, 5.74) is 2.65. The second-order valence-electron chi connectivity index (χ2n) is 7.15. The number of nitrogens with zero attached hydrogens (tertiary/aromatic N) is 1. The van der Waals surface area contributed by atoms with E-state index in [0.29, 0.717) is 28.7 Å². The Kier molecular flexibility index (Phi) is 8.99. The zero-order valence-corrected chi connectivity index (χ0v) is 18.7. The number of aryl methyl sites for hydroxylation is 1. The number of halogens is 2. The topological polar surface area (TPSA) is 49.4 Å². The highest BCUT2D eigenvalue weighted by Gasteiger charge is 2.27. The van der Waals surface area contributed by atoms with Crippen molar-refractivity contribution >= 4 is 35.0 Å². The lowest BCUT2D eigenvalue weighted by molar-refractivity contribution is -0.140. The summed E-state index contributed by atoms with van der Waals surface area (Å²) in [7, 11) is 0. The number of nitrogens with one attached hydrogen (secondary N) is 1. The first-order valence-corrected chi connectivity index (χ1v) is 10.6. The van der Waals surface area contributed by atoms with Gasteiger partial charge in [-0.15, -0.1) is 0 Å². The van der Waals surface area contributed by atoms with Gasteiger partial charge < -0.3 is 10.2 Å². The van der Waals surface area contributed by atoms with Crippen molar-refractivity contribution in [2.24, 2.45) is 0 Å². The van der Waals surface area contributed by atoms with E-state index in [1.54, 1.807) is 30.0 Å². The van der Waals surface area contributed by atoms with Crippen LogP contribution in [0.25, 0.3) is 0 Å². The number of carbonyl (C=O) groups is 2. The standard InChI is InChI=1S/C23H28Cl2N2O2/c1-4-5-13-26-23(29)17(3)27(15-18-10-7-6-9-16(18)2)22(28)14-19-20(24)11-8-12-21(19)25/h6-12,17H,4-5,13-15H2,1-3H3,(H,26,29)/t17-/m1/s1. The van der Waals surface area contributed by atoms with Gasteiger partial charge in [-0.2, -0.15) is 0 Å². The third-order valence-electron chi connectivity index (χ3n) is 4.99. The summed E-state index contributed by atoms with van der Waals surface area (Å²) in [6.07, 6.45) is 1.93. The molecule has 29 heavy (non-hydrogen) atoms. The molecule has 0 heterocycles. The van der Waals surface area contributed by atoms with Crippen LogP contribution in [0.2, 0.25) is 10.0 Å². The smallest absolute Gasteiger partial charge is 0.242 e. The van der Waals surface area contributed by atoms with Gasteiger partial charge in [0.1, 0.15) is 6.04 Å². The van der Waals surface area contributed by atoms with Crippen LogP contribution in [-0.4, -0.2) is 29.3 Å². The van der Waals surface area contributed by atoms with Gasteiger partial charge in [-0.1, -0.05) is 66.9 Å². The van der Waals surface area contributed by atoms with E-state index >= 15 is 0 Å². The van der Waals surface area contributed by atoms with Gasteiger partial charge in [0.2, 0.25) is 11.8 Å². The van der Waals surface area contributed by atoms with Gasteiger partial charge in [-0.05, 0) is 49.1 Å². The zero-order chi connectivity index (χ0) is 21.4. The van der Waals surface area contributed by atoms with Crippen molar-refractivity contribution in [1.29, 1.82) is 0 Å². The molecule has 0 aliphatic heterocycles. The molecule has 2 aromatic rings. The number of amides is 2. The van der Waals surface area contributed by atoms with Crippen molar-refractivity contribution in [3.8, 4) is 0 Å². The van der Waals surface area contributed by atoms with Gasteiger partial charge in [0.25, 0.3) is 0 Å². The Hall–Kier alpha value is -2.04. The first-order chi connectivity index (χ1) is 13.8. The lowest BCUT2D eigenvalue weighted by Crippen LogP contribution is -2.48. The average molecular weight is 435 g/mol. The average Bonchev–Trinajstić information content (AvgIpc) is 2.69.